The van der Waals surface area contributed by atoms with Crippen molar-refractivity contribution < 1.29 is 0 Å². The van der Waals surface area contributed by atoms with Crippen LogP contribution in [-0.4, -0.2) is 0 Å². The molecule has 0 saturated heterocycles. The molecular weight excluding hydrogens is 216 g/mol. The summed E-state index contributed by atoms with van der Waals surface area (Å²) in [4.78, 5) is 0. The van der Waals surface area contributed by atoms with Gasteiger partial charge in [-0.25, -0.2) is 0 Å². The smallest absolute Gasteiger partial charge is 0.0122 e. The Balaban J connectivity index is 1.74. The molecule has 0 aliphatic heterocycles. The van der Waals surface area contributed by atoms with Gasteiger partial charge >= 0.3 is 0 Å². The zero-order valence-corrected chi connectivity index (χ0v) is 10.5. The molecule has 18 heavy (non-hydrogen) atoms. The minimum Gasteiger partial charge on any atom is -0.0690 e. The van der Waals surface area contributed by atoms with Crippen molar-refractivity contribution in [1.82, 2.24) is 0 Å². The van der Waals surface area contributed by atoms with Gasteiger partial charge in [-0.2, -0.15) is 0 Å². The summed E-state index contributed by atoms with van der Waals surface area (Å²) in [5.74, 6) is 0.723. The molecule has 1 fully saturated rings. The number of allylic oxidation sites excluding steroid dienone is 1. The van der Waals surface area contributed by atoms with Crippen molar-refractivity contribution in [3.8, 4) is 0 Å². The Morgan fingerprint density at radius 3 is 2.22 bits per heavy atom. The van der Waals surface area contributed by atoms with Gasteiger partial charge in [0.2, 0.25) is 0 Å². The average Bonchev–Trinajstić information content (AvgIpc) is 2.89. The van der Waals surface area contributed by atoms with Gasteiger partial charge in [0.15, 0.2) is 0 Å². The van der Waals surface area contributed by atoms with E-state index in [1.54, 1.807) is 5.57 Å². The van der Waals surface area contributed by atoms with Crippen LogP contribution in [0, 0.1) is 0 Å². The van der Waals surface area contributed by atoms with Crippen LogP contribution >= 0.6 is 0 Å². The van der Waals surface area contributed by atoms with Crippen LogP contribution in [0.5, 0.6) is 0 Å². The number of hydrogen-bond acceptors (Lipinski definition) is 0. The van der Waals surface area contributed by atoms with E-state index in [9.17, 15) is 0 Å². The molecule has 1 unspecified atom stereocenters. The summed E-state index contributed by atoms with van der Waals surface area (Å²) >= 11 is 0. The van der Waals surface area contributed by atoms with E-state index in [2.05, 4.69) is 66.7 Å². The Morgan fingerprint density at radius 1 is 0.833 bits per heavy atom. The fourth-order valence-electron chi connectivity index (χ4n) is 2.81. The van der Waals surface area contributed by atoms with Crippen LogP contribution in [0.15, 0.2) is 66.2 Å². The molecule has 2 aromatic carbocycles. The van der Waals surface area contributed by atoms with Crippen molar-refractivity contribution in [3.63, 3.8) is 0 Å². The Morgan fingerprint density at radius 2 is 1.50 bits per heavy atom. The van der Waals surface area contributed by atoms with Gasteiger partial charge in [-0.3, -0.25) is 0 Å². The predicted molar refractivity (Wildman–Crippen MR) is 77.5 cm³/mol. The van der Waals surface area contributed by atoms with E-state index in [1.807, 2.05) is 0 Å². The molecule has 3 rings (SSSR count). The molecular formula is C18H18. The van der Waals surface area contributed by atoms with E-state index in [-0.39, 0.29) is 0 Å². The summed E-state index contributed by atoms with van der Waals surface area (Å²) in [6, 6.07) is 21.6. The first-order valence-electron chi connectivity index (χ1n) is 6.71. The van der Waals surface area contributed by atoms with Crippen molar-refractivity contribution in [2.45, 2.75) is 25.2 Å². The van der Waals surface area contributed by atoms with Crippen LogP contribution in [0.2, 0.25) is 0 Å². The minimum absolute atomic E-state index is 0.723. The van der Waals surface area contributed by atoms with Crippen LogP contribution in [-0.2, 0) is 0 Å². The fourth-order valence-corrected chi connectivity index (χ4v) is 2.81. The maximum atomic E-state index is 2.36. The molecule has 0 heteroatoms. The maximum Gasteiger partial charge on any atom is -0.0122 e. The highest BCUT2D eigenvalue weighted by Gasteiger charge is 2.20. The summed E-state index contributed by atoms with van der Waals surface area (Å²) in [7, 11) is 0. The number of benzene rings is 2. The van der Waals surface area contributed by atoms with Gasteiger partial charge in [0.25, 0.3) is 0 Å². The molecule has 0 spiro atoms. The molecule has 0 radical (unpaired) electrons. The Labute approximate surface area is 109 Å². The molecule has 0 N–H and O–H groups in total. The minimum atomic E-state index is 0.723. The lowest BCUT2D eigenvalue weighted by molar-refractivity contribution is 0.730. The van der Waals surface area contributed by atoms with Crippen LogP contribution in [0.3, 0.4) is 0 Å². The van der Waals surface area contributed by atoms with E-state index in [1.165, 1.54) is 30.4 Å². The molecule has 0 aromatic heterocycles. The van der Waals surface area contributed by atoms with Gasteiger partial charge in [0, 0.05) is 0 Å². The van der Waals surface area contributed by atoms with Gasteiger partial charge in [0.05, 0.1) is 0 Å². The van der Waals surface area contributed by atoms with E-state index in [4.69, 9.17) is 0 Å². The third-order valence-corrected chi connectivity index (χ3v) is 3.76. The highest BCUT2D eigenvalue weighted by molar-refractivity contribution is 5.53. The van der Waals surface area contributed by atoms with Crippen LogP contribution in [0.1, 0.15) is 36.3 Å². The summed E-state index contributed by atoms with van der Waals surface area (Å²) in [6.45, 7) is 0. The highest BCUT2D eigenvalue weighted by atomic mass is 14.2. The van der Waals surface area contributed by atoms with Crippen molar-refractivity contribution in [3.05, 3.63) is 77.4 Å². The SMILES string of the molecule is C(=C1/CCC(c2ccccc2)C1)/c1ccccc1. The highest BCUT2D eigenvalue weighted by Crippen LogP contribution is 2.38. The fraction of sp³-hybridized carbons (Fsp3) is 0.222. The maximum absolute atomic E-state index is 2.36. The molecule has 0 bridgehead atoms. The van der Waals surface area contributed by atoms with Gasteiger partial charge in [-0.05, 0) is 36.3 Å². The van der Waals surface area contributed by atoms with Gasteiger partial charge in [-0.1, -0.05) is 72.3 Å². The quantitative estimate of drug-likeness (QED) is 0.683. The normalized spacial score (nSPS) is 21.3. The van der Waals surface area contributed by atoms with Crippen LogP contribution < -0.4 is 0 Å². The Hall–Kier alpha value is -1.82. The number of hydrogen-bond donors (Lipinski definition) is 0. The molecule has 2 aromatic rings. The number of rotatable bonds is 2. The summed E-state index contributed by atoms with van der Waals surface area (Å²) in [6.07, 6.45) is 6.12. The first-order chi connectivity index (χ1) is 8.92. The monoisotopic (exact) mass is 234 g/mol. The van der Waals surface area contributed by atoms with Gasteiger partial charge < -0.3 is 0 Å². The topological polar surface area (TPSA) is 0 Å². The zero-order chi connectivity index (χ0) is 12.2. The second-order valence-corrected chi connectivity index (χ2v) is 5.06. The Bertz CT molecular complexity index is 522. The van der Waals surface area contributed by atoms with Crippen molar-refractivity contribution in [2.75, 3.05) is 0 Å². The Kier molecular flexibility index (Phi) is 3.27. The standard InChI is InChI=1S/C18H18/c1-3-7-15(8-4-1)13-16-11-12-18(14-16)17-9-5-2-6-10-17/h1-10,13,18H,11-12,14H2/b16-13+. The molecule has 1 aliphatic carbocycles. The molecule has 1 atom stereocenters. The average molecular weight is 234 g/mol. The largest absolute Gasteiger partial charge is 0.0690 e. The van der Waals surface area contributed by atoms with Crippen molar-refractivity contribution >= 4 is 6.08 Å². The summed E-state index contributed by atoms with van der Waals surface area (Å²) in [5, 5.41) is 0. The van der Waals surface area contributed by atoms with E-state index >= 15 is 0 Å². The second-order valence-electron chi connectivity index (χ2n) is 5.06. The second kappa shape index (κ2) is 5.22. The predicted octanol–water partition coefficient (Wildman–Crippen LogP) is 5.04. The molecule has 0 nitrogen and oxygen atoms in total. The van der Waals surface area contributed by atoms with Gasteiger partial charge in [-0.15, -0.1) is 0 Å². The van der Waals surface area contributed by atoms with E-state index < -0.39 is 0 Å². The molecule has 90 valence electrons. The lowest BCUT2D eigenvalue weighted by Crippen LogP contribution is -1.90. The first-order valence-corrected chi connectivity index (χ1v) is 6.71. The molecule has 0 heterocycles. The third kappa shape index (κ3) is 2.53. The first kappa shape index (κ1) is 11.3. The van der Waals surface area contributed by atoms with Crippen LogP contribution in [0.4, 0.5) is 0 Å². The van der Waals surface area contributed by atoms with Crippen LogP contribution in [0.25, 0.3) is 6.08 Å². The van der Waals surface area contributed by atoms with Crippen molar-refractivity contribution in [2.24, 2.45) is 0 Å². The molecule has 1 aliphatic rings. The lowest BCUT2D eigenvalue weighted by atomic mass is 9.97. The third-order valence-electron chi connectivity index (χ3n) is 3.76. The van der Waals surface area contributed by atoms with Gasteiger partial charge in [0.1, 0.15) is 0 Å². The summed E-state index contributed by atoms with van der Waals surface area (Å²) in [5.41, 5.74) is 4.42. The van der Waals surface area contributed by atoms with Crippen molar-refractivity contribution in [1.29, 1.82) is 0 Å². The van der Waals surface area contributed by atoms with E-state index in [0.717, 1.165) is 5.92 Å². The van der Waals surface area contributed by atoms with E-state index in [0.29, 0.717) is 0 Å². The zero-order valence-electron chi connectivity index (χ0n) is 10.5. The molecule has 1 saturated carbocycles. The lowest BCUT2D eigenvalue weighted by Gasteiger charge is -2.08. The summed E-state index contributed by atoms with van der Waals surface area (Å²) < 4.78 is 0. The molecule has 0 amide bonds.